The Morgan fingerprint density at radius 3 is 2.75 bits per heavy atom. The van der Waals surface area contributed by atoms with Crippen LogP contribution in [0, 0.1) is 0 Å². The van der Waals surface area contributed by atoms with Crippen molar-refractivity contribution >= 4 is 28.2 Å². The molecule has 0 unspecified atom stereocenters. The van der Waals surface area contributed by atoms with Crippen molar-refractivity contribution in [1.82, 2.24) is 10.3 Å². The molecule has 1 fully saturated rings. The van der Waals surface area contributed by atoms with E-state index in [1.165, 1.54) is 11.3 Å². The lowest BCUT2D eigenvalue weighted by molar-refractivity contribution is 0.0904. The van der Waals surface area contributed by atoms with Gasteiger partial charge in [0.2, 0.25) is 0 Å². The van der Waals surface area contributed by atoms with Gasteiger partial charge in [-0.15, -0.1) is 0 Å². The van der Waals surface area contributed by atoms with E-state index in [4.69, 9.17) is 10.8 Å². The van der Waals surface area contributed by atoms with Crippen molar-refractivity contribution in [2.75, 3.05) is 30.3 Å². The monoisotopic (exact) mass is 298 g/mol. The lowest BCUT2D eigenvalue weighted by Gasteiger charge is -2.24. The third-order valence-corrected chi connectivity index (χ3v) is 4.54. The van der Waals surface area contributed by atoms with Gasteiger partial charge in [0, 0.05) is 25.2 Å². The number of hydrogen-bond donors (Lipinski definition) is 3. The van der Waals surface area contributed by atoms with Crippen LogP contribution in [0.15, 0.2) is 0 Å². The minimum absolute atomic E-state index is 0.0322. The standard InChI is InChI=1S/C13H22N4O2S/c1-13(2,5-8-18)16-11(19)9-10(14)15-12(20-9)17-6-3-4-7-17/h18H,3-8,14H2,1-2H3,(H,16,19). The number of carbonyl (C=O) groups is 1. The Labute approximate surface area is 123 Å². The maximum Gasteiger partial charge on any atom is 0.265 e. The van der Waals surface area contributed by atoms with Gasteiger partial charge in [-0.1, -0.05) is 11.3 Å². The third kappa shape index (κ3) is 3.40. The zero-order valence-electron chi connectivity index (χ0n) is 12.0. The van der Waals surface area contributed by atoms with Crippen LogP contribution in [0.3, 0.4) is 0 Å². The minimum atomic E-state index is -0.462. The van der Waals surface area contributed by atoms with Crippen molar-refractivity contribution in [1.29, 1.82) is 0 Å². The molecule has 7 heteroatoms. The maximum absolute atomic E-state index is 12.3. The largest absolute Gasteiger partial charge is 0.396 e. The second-order valence-corrected chi connectivity index (χ2v) is 6.69. The van der Waals surface area contributed by atoms with Crippen LogP contribution in [-0.2, 0) is 0 Å². The zero-order valence-corrected chi connectivity index (χ0v) is 12.8. The van der Waals surface area contributed by atoms with Crippen molar-refractivity contribution < 1.29 is 9.90 Å². The number of nitrogen functional groups attached to an aromatic ring is 1. The van der Waals surface area contributed by atoms with Crippen molar-refractivity contribution in [3.63, 3.8) is 0 Å². The van der Waals surface area contributed by atoms with Gasteiger partial charge in [-0.25, -0.2) is 4.98 Å². The van der Waals surface area contributed by atoms with Crippen LogP contribution in [0.5, 0.6) is 0 Å². The summed E-state index contributed by atoms with van der Waals surface area (Å²) in [5.41, 5.74) is 5.40. The van der Waals surface area contributed by atoms with Crippen LogP contribution in [0.2, 0.25) is 0 Å². The van der Waals surface area contributed by atoms with E-state index >= 15 is 0 Å². The molecule has 20 heavy (non-hydrogen) atoms. The number of carbonyl (C=O) groups excluding carboxylic acids is 1. The van der Waals surface area contributed by atoms with Gasteiger partial charge in [-0.05, 0) is 33.1 Å². The minimum Gasteiger partial charge on any atom is -0.396 e. The lowest BCUT2D eigenvalue weighted by Crippen LogP contribution is -2.43. The third-order valence-electron chi connectivity index (χ3n) is 3.41. The summed E-state index contributed by atoms with van der Waals surface area (Å²) in [6.45, 7) is 5.73. The highest BCUT2D eigenvalue weighted by Gasteiger charge is 2.25. The van der Waals surface area contributed by atoms with Gasteiger partial charge >= 0.3 is 0 Å². The number of thiazole rings is 1. The first kappa shape index (κ1) is 15.1. The second-order valence-electron chi connectivity index (χ2n) is 5.72. The van der Waals surface area contributed by atoms with Gasteiger partial charge in [0.25, 0.3) is 5.91 Å². The summed E-state index contributed by atoms with van der Waals surface area (Å²) >= 11 is 1.34. The smallest absolute Gasteiger partial charge is 0.265 e. The molecule has 1 aromatic heterocycles. The lowest BCUT2D eigenvalue weighted by atomic mass is 10.0. The van der Waals surface area contributed by atoms with Crippen molar-refractivity contribution in [2.45, 2.75) is 38.6 Å². The normalized spacial score (nSPS) is 15.7. The molecule has 6 nitrogen and oxygen atoms in total. The molecule has 0 atom stereocenters. The second kappa shape index (κ2) is 5.97. The first-order valence-electron chi connectivity index (χ1n) is 6.87. The summed E-state index contributed by atoms with van der Waals surface area (Å²) in [6.07, 6.45) is 2.81. The van der Waals surface area contributed by atoms with Crippen molar-refractivity contribution in [3.8, 4) is 0 Å². The molecule has 1 aliphatic heterocycles. The molecule has 1 saturated heterocycles. The van der Waals surface area contributed by atoms with Crippen LogP contribution in [0.1, 0.15) is 42.8 Å². The molecule has 0 bridgehead atoms. The van der Waals surface area contributed by atoms with Crippen LogP contribution in [-0.4, -0.2) is 41.2 Å². The van der Waals surface area contributed by atoms with Gasteiger partial charge in [-0.3, -0.25) is 4.79 Å². The molecular formula is C13H22N4O2S. The average Bonchev–Trinajstić information content (AvgIpc) is 2.96. The number of anilines is 2. The molecular weight excluding hydrogens is 276 g/mol. The van der Waals surface area contributed by atoms with Gasteiger partial charge in [0.15, 0.2) is 5.13 Å². The number of rotatable bonds is 5. The van der Waals surface area contributed by atoms with Crippen molar-refractivity contribution in [2.24, 2.45) is 0 Å². The van der Waals surface area contributed by atoms with E-state index in [9.17, 15) is 4.79 Å². The molecule has 1 aromatic rings. The van der Waals surface area contributed by atoms with Crippen LogP contribution >= 0.6 is 11.3 Å². The van der Waals surface area contributed by atoms with Gasteiger partial charge in [0.05, 0.1) is 0 Å². The number of aliphatic hydroxyl groups is 1. The van der Waals surface area contributed by atoms with E-state index in [-0.39, 0.29) is 18.3 Å². The molecule has 0 radical (unpaired) electrons. The molecule has 0 spiro atoms. The summed E-state index contributed by atoms with van der Waals surface area (Å²) in [4.78, 5) is 19.2. The first-order valence-corrected chi connectivity index (χ1v) is 7.69. The van der Waals surface area contributed by atoms with Gasteiger partial charge < -0.3 is 21.1 Å². The first-order chi connectivity index (χ1) is 9.43. The number of hydrogen-bond acceptors (Lipinski definition) is 6. The Morgan fingerprint density at radius 1 is 1.50 bits per heavy atom. The molecule has 4 N–H and O–H groups in total. The highest BCUT2D eigenvalue weighted by atomic mass is 32.1. The van der Waals surface area contributed by atoms with Gasteiger partial charge in [0.1, 0.15) is 10.7 Å². The highest BCUT2D eigenvalue weighted by molar-refractivity contribution is 7.18. The number of nitrogens with two attached hydrogens (primary N) is 1. The Morgan fingerprint density at radius 2 is 2.15 bits per heavy atom. The number of aromatic nitrogens is 1. The van der Waals surface area contributed by atoms with E-state index in [2.05, 4.69) is 15.2 Å². The SMILES string of the molecule is CC(C)(CCO)NC(=O)c1sc(N2CCCC2)nc1N. The van der Waals surface area contributed by atoms with Gasteiger partial charge in [-0.2, -0.15) is 0 Å². The Bertz CT molecular complexity index is 481. The van der Waals surface area contributed by atoms with Crippen LogP contribution in [0.4, 0.5) is 10.9 Å². The number of nitrogens with one attached hydrogen (secondary N) is 1. The maximum atomic E-state index is 12.3. The topological polar surface area (TPSA) is 91.5 Å². The molecule has 2 heterocycles. The molecule has 0 aromatic carbocycles. The molecule has 0 aliphatic carbocycles. The quantitative estimate of drug-likeness (QED) is 0.760. The Hall–Kier alpha value is -1.34. The summed E-state index contributed by atoms with van der Waals surface area (Å²) in [5.74, 6) is 0.0677. The summed E-state index contributed by atoms with van der Waals surface area (Å²) in [5, 5.41) is 12.7. The number of amides is 1. The van der Waals surface area contributed by atoms with E-state index in [0.717, 1.165) is 31.1 Å². The summed E-state index contributed by atoms with van der Waals surface area (Å²) < 4.78 is 0. The molecule has 0 saturated carbocycles. The average molecular weight is 298 g/mol. The number of aliphatic hydroxyl groups excluding tert-OH is 1. The zero-order chi connectivity index (χ0) is 14.8. The highest BCUT2D eigenvalue weighted by Crippen LogP contribution is 2.30. The Balaban J connectivity index is 2.10. The van der Waals surface area contributed by atoms with E-state index in [0.29, 0.717) is 11.3 Å². The fourth-order valence-electron chi connectivity index (χ4n) is 2.23. The van der Waals surface area contributed by atoms with E-state index in [1.54, 1.807) is 0 Å². The fourth-order valence-corrected chi connectivity index (χ4v) is 3.16. The van der Waals surface area contributed by atoms with E-state index < -0.39 is 5.54 Å². The summed E-state index contributed by atoms with van der Waals surface area (Å²) in [7, 11) is 0. The van der Waals surface area contributed by atoms with Crippen LogP contribution < -0.4 is 16.0 Å². The molecule has 112 valence electrons. The van der Waals surface area contributed by atoms with Crippen molar-refractivity contribution in [3.05, 3.63) is 4.88 Å². The number of nitrogens with zero attached hydrogens (tertiary/aromatic N) is 2. The molecule has 1 amide bonds. The fraction of sp³-hybridized carbons (Fsp3) is 0.692. The predicted octanol–water partition coefficient (Wildman–Crippen LogP) is 1.22. The molecule has 2 rings (SSSR count). The van der Waals surface area contributed by atoms with Crippen LogP contribution in [0.25, 0.3) is 0 Å². The Kier molecular flexibility index (Phi) is 4.49. The predicted molar refractivity (Wildman–Crippen MR) is 81.2 cm³/mol. The summed E-state index contributed by atoms with van der Waals surface area (Å²) in [6, 6.07) is 0. The van der Waals surface area contributed by atoms with E-state index in [1.807, 2.05) is 13.8 Å². The molecule has 1 aliphatic rings.